The fourth-order valence-electron chi connectivity index (χ4n) is 4.88. The number of tetrazole rings is 1. The van der Waals surface area contributed by atoms with Crippen molar-refractivity contribution in [3.05, 3.63) is 58.3 Å². The van der Waals surface area contributed by atoms with Crippen LogP contribution in [0.2, 0.25) is 0 Å². The van der Waals surface area contributed by atoms with Gasteiger partial charge in [-0.1, -0.05) is 28.1 Å². The van der Waals surface area contributed by atoms with Crippen molar-refractivity contribution >= 4 is 33.6 Å². The van der Waals surface area contributed by atoms with Gasteiger partial charge in [0.15, 0.2) is 0 Å². The second-order valence-corrected chi connectivity index (χ2v) is 12.4. The fourth-order valence-corrected chi connectivity index (χ4v) is 5.15. The Labute approximate surface area is 247 Å². The first-order valence-corrected chi connectivity index (χ1v) is 14.6. The topological polar surface area (TPSA) is 134 Å². The molecule has 0 bridgehead atoms. The Kier molecular flexibility index (Phi) is 10.4. The van der Waals surface area contributed by atoms with Crippen molar-refractivity contribution < 1.29 is 18.7 Å². The monoisotopic (exact) mass is 629 g/mol. The van der Waals surface area contributed by atoms with Crippen molar-refractivity contribution in [3.63, 3.8) is 0 Å². The van der Waals surface area contributed by atoms with E-state index < -0.39 is 17.5 Å². The molecular weight excluding hydrogens is 593 g/mol. The minimum absolute atomic E-state index is 0.144. The number of hydrogen-bond donors (Lipinski definition) is 4. The Bertz CT molecular complexity index is 1290. The minimum Gasteiger partial charge on any atom is -0.444 e. The van der Waals surface area contributed by atoms with Crippen LogP contribution in [-0.2, 0) is 16.0 Å². The maximum atomic E-state index is 14.7. The number of alkyl carbamates (subject to hydrolysis) is 1. The highest BCUT2D eigenvalue weighted by molar-refractivity contribution is 9.10. The summed E-state index contributed by atoms with van der Waals surface area (Å²) in [6.45, 7) is 6.83. The number of halogens is 2. The first kappa shape index (κ1) is 30.6. The molecule has 2 aromatic carbocycles. The molecule has 12 heteroatoms. The Balaban J connectivity index is 1.32. The first-order valence-electron chi connectivity index (χ1n) is 13.8. The molecule has 1 saturated carbocycles. The summed E-state index contributed by atoms with van der Waals surface area (Å²) in [5.74, 6) is 0.172. The predicted molar refractivity (Wildman–Crippen MR) is 158 cm³/mol. The fraction of sp³-hybridized carbons (Fsp3) is 0.483. The van der Waals surface area contributed by atoms with Crippen molar-refractivity contribution in [1.29, 1.82) is 0 Å². The van der Waals surface area contributed by atoms with Gasteiger partial charge in [0.1, 0.15) is 11.4 Å². The summed E-state index contributed by atoms with van der Waals surface area (Å²) in [5.41, 5.74) is 1.04. The van der Waals surface area contributed by atoms with Gasteiger partial charge in [0, 0.05) is 16.7 Å². The molecule has 4 rings (SSSR count). The summed E-state index contributed by atoms with van der Waals surface area (Å²) in [5, 5.41) is 22.6. The smallest absolute Gasteiger partial charge is 0.407 e. The Hall–Kier alpha value is -3.38. The Morgan fingerprint density at radius 2 is 1.76 bits per heavy atom. The van der Waals surface area contributed by atoms with Crippen molar-refractivity contribution in [1.82, 2.24) is 31.3 Å². The number of aromatic amines is 1. The van der Waals surface area contributed by atoms with Gasteiger partial charge in [-0.3, -0.25) is 4.79 Å². The van der Waals surface area contributed by atoms with Gasteiger partial charge in [0.05, 0.1) is 11.6 Å². The number of hydrogen-bond acceptors (Lipinski definition) is 7. The molecule has 1 fully saturated rings. The molecule has 41 heavy (non-hydrogen) atoms. The number of rotatable bonds is 10. The van der Waals surface area contributed by atoms with E-state index in [1.807, 2.05) is 45.0 Å². The number of amides is 2. The van der Waals surface area contributed by atoms with Gasteiger partial charge in [-0.05, 0) is 112 Å². The molecule has 3 aromatic rings. The average molecular weight is 631 g/mol. The lowest BCUT2D eigenvalue weighted by atomic mass is 9.82. The summed E-state index contributed by atoms with van der Waals surface area (Å²) < 4.78 is 21.0. The Morgan fingerprint density at radius 1 is 1.07 bits per heavy atom. The summed E-state index contributed by atoms with van der Waals surface area (Å²) in [7, 11) is 0. The van der Waals surface area contributed by atoms with Gasteiger partial charge in [-0.15, -0.1) is 10.2 Å². The zero-order valence-corrected chi connectivity index (χ0v) is 25.1. The van der Waals surface area contributed by atoms with Gasteiger partial charge >= 0.3 is 6.09 Å². The van der Waals surface area contributed by atoms with Crippen molar-refractivity contribution in [2.45, 2.75) is 64.5 Å². The number of ether oxygens (including phenoxy) is 1. The van der Waals surface area contributed by atoms with Gasteiger partial charge < -0.3 is 20.7 Å². The number of carbonyl (C=O) groups is 2. The van der Waals surface area contributed by atoms with E-state index in [1.165, 1.54) is 12.1 Å². The molecule has 10 nitrogen and oxygen atoms in total. The van der Waals surface area contributed by atoms with Crippen molar-refractivity contribution in [2.24, 2.45) is 11.8 Å². The predicted octanol–water partition coefficient (Wildman–Crippen LogP) is 5.24. The lowest BCUT2D eigenvalue weighted by molar-refractivity contribution is -0.118. The molecule has 4 N–H and O–H groups in total. The molecule has 0 saturated heterocycles. The number of H-pyrrole nitrogens is 1. The third kappa shape index (κ3) is 9.60. The van der Waals surface area contributed by atoms with Crippen LogP contribution in [0.4, 0.5) is 14.9 Å². The number of carbonyl (C=O) groups excluding carboxylic acids is 2. The molecule has 1 aromatic heterocycles. The van der Waals surface area contributed by atoms with Gasteiger partial charge in [0.2, 0.25) is 11.7 Å². The summed E-state index contributed by atoms with van der Waals surface area (Å²) in [4.78, 5) is 25.4. The molecule has 2 amide bonds. The number of benzene rings is 2. The van der Waals surface area contributed by atoms with E-state index in [4.69, 9.17) is 4.74 Å². The third-order valence-corrected chi connectivity index (χ3v) is 7.57. The minimum atomic E-state index is -0.556. The molecule has 1 aliphatic carbocycles. The van der Waals surface area contributed by atoms with Crippen LogP contribution >= 0.6 is 15.9 Å². The van der Waals surface area contributed by atoms with Crippen LogP contribution in [0, 0.1) is 17.7 Å². The highest BCUT2D eigenvalue weighted by Gasteiger charge is 2.26. The Morgan fingerprint density at radius 3 is 2.37 bits per heavy atom. The van der Waals surface area contributed by atoms with Gasteiger partial charge in [-0.25, -0.2) is 9.18 Å². The van der Waals surface area contributed by atoms with E-state index in [1.54, 1.807) is 6.07 Å². The van der Waals surface area contributed by atoms with Crippen LogP contribution in [0.5, 0.6) is 0 Å². The van der Waals surface area contributed by atoms with Crippen molar-refractivity contribution in [2.75, 3.05) is 18.4 Å². The molecule has 1 aliphatic rings. The molecule has 1 atom stereocenters. The van der Waals surface area contributed by atoms with Crippen LogP contribution in [0.3, 0.4) is 0 Å². The number of nitrogens with one attached hydrogen (secondary N) is 4. The summed E-state index contributed by atoms with van der Waals surface area (Å²) >= 11 is 3.46. The molecule has 1 heterocycles. The number of aromatic nitrogens is 4. The zero-order valence-electron chi connectivity index (χ0n) is 23.5. The largest absolute Gasteiger partial charge is 0.444 e. The van der Waals surface area contributed by atoms with Crippen LogP contribution in [0.1, 0.15) is 52.0 Å². The highest BCUT2D eigenvalue weighted by Crippen LogP contribution is 2.28. The van der Waals surface area contributed by atoms with E-state index in [2.05, 4.69) is 52.5 Å². The lowest BCUT2D eigenvalue weighted by Crippen LogP contribution is -2.44. The summed E-state index contributed by atoms with van der Waals surface area (Å²) in [6, 6.07) is 11.7. The molecule has 0 aliphatic heterocycles. The van der Waals surface area contributed by atoms with Crippen LogP contribution < -0.4 is 16.0 Å². The lowest BCUT2D eigenvalue weighted by Gasteiger charge is -2.30. The summed E-state index contributed by atoms with van der Waals surface area (Å²) in [6.07, 6.45) is 4.10. The molecule has 0 radical (unpaired) electrons. The van der Waals surface area contributed by atoms with Gasteiger partial charge in [-0.2, -0.15) is 5.21 Å². The van der Waals surface area contributed by atoms with Crippen LogP contribution in [-0.4, -0.2) is 57.4 Å². The SMILES string of the molecule is CC(C)(C)OC(=O)NCC1CCC(CN[C@@H](Cc2ccc(Br)cc2)C(=O)Nc2ccc(-c3nn[nH]n3)c(F)c2)CC1. The van der Waals surface area contributed by atoms with Crippen LogP contribution in [0.15, 0.2) is 46.9 Å². The zero-order chi connectivity index (χ0) is 29.4. The molecule has 220 valence electrons. The van der Waals surface area contributed by atoms with E-state index in [-0.39, 0.29) is 23.4 Å². The normalized spacial score (nSPS) is 18.0. The number of nitrogens with zero attached hydrogens (tertiary/aromatic N) is 3. The maximum Gasteiger partial charge on any atom is 0.407 e. The quantitative estimate of drug-likeness (QED) is 0.241. The van der Waals surface area contributed by atoms with E-state index >= 15 is 0 Å². The first-order chi connectivity index (χ1) is 19.6. The van der Waals surface area contributed by atoms with E-state index in [0.717, 1.165) is 35.7 Å². The maximum absolute atomic E-state index is 14.7. The second kappa shape index (κ2) is 14.0. The van der Waals surface area contributed by atoms with Gasteiger partial charge in [0.25, 0.3) is 0 Å². The van der Waals surface area contributed by atoms with E-state index in [9.17, 15) is 14.0 Å². The van der Waals surface area contributed by atoms with Crippen molar-refractivity contribution in [3.8, 4) is 11.4 Å². The molecular formula is C29H37BrFN7O3. The van der Waals surface area contributed by atoms with E-state index in [0.29, 0.717) is 37.0 Å². The number of anilines is 1. The molecule has 0 spiro atoms. The average Bonchev–Trinajstić information content (AvgIpc) is 3.45. The highest BCUT2D eigenvalue weighted by atomic mass is 79.9. The molecule has 0 unspecified atom stereocenters. The van der Waals surface area contributed by atoms with Crippen LogP contribution in [0.25, 0.3) is 11.4 Å². The third-order valence-electron chi connectivity index (χ3n) is 7.05. The standard InChI is InChI=1S/C29H37BrFN7O3/c1-29(2,3)41-28(40)33-17-20-6-4-19(5-7-20)16-32-25(14-18-8-10-21(30)11-9-18)27(39)34-22-12-13-23(24(31)15-22)26-35-37-38-36-26/h8-13,15,19-20,25,32H,4-7,14,16-17H2,1-3H3,(H,33,40)(H,34,39)(H,35,36,37,38)/t19?,20?,25-/m0/s1. The second-order valence-electron chi connectivity index (χ2n) is 11.5.